The van der Waals surface area contributed by atoms with Gasteiger partial charge in [0.15, 0.2) is 0 Å². The minimum atomic E-state index is 0. The van der Waals surface area contributed by atoms with Crippen LogP contribution >= 0.6 is 0 Å². The first-order valence-corrected chi connectivity index (χ1v) is 8.31. The van der Waals surface area contributed by atoms with Crippen LogP contribution in [0.15, 0.2) is 33.4 Å². The summed E-state index contributed by atoms with van der Waals surface area (Å²) in [4.78, 5) is 8.81. The second kappa shape index (κ2) is 9.73. The summed E-state index contributed by atoms with van der Waals surface area (Å²) in [6.45, 7) is 23.3. The molecule has 0 atom stereocenters. The molecule has 0 saturated heterocycles. The number of allylic oxidation sites excluding steroid dienone is 8. The van der Waals surface area contributed by atoms with Crippen molar-refractivity contribution in [1.29, 1.82) is 0 Å². The van der Waals surface area contributed by atoms with Crippen LogP contribution in [0.3, 0.4) is 0 Å². The molecule has 0 spiro atoms. The molecular formula is C22H34OTi. The summed E-state index contributed by atoms with van der Waals surface area (Å²) < 4.78 is 0. The molecule has 0 aromatic carbocycles. The molecule has 0 aromatic heterocycles. The third-order valence-corrected chi connectivity index (χ3v) is 5.12. The van der Waals surface area contributed by atoms with E-state index in [0.717, 1.165) is 6.29 Å². The van der Waals surface area contributed by atoms with Crippen LogP contribution in [0.1, 0.15) is 76.2 Å². The van der Waals surface area contributed by atoms with E-state index in [2.05, 4.69) is 81.4 Å². The number of carbonyl (C=O) groups is 1. The van der Waals surface area contributed by atoms with E-state index >= 15 is 0 Å². The smallest absolute Gasteiger partial charge is 0.304 e. The standard InChI is InChI=1S/2C10H15.C2H4O.Ti/c2*1-7-6-10(4,5)9(3)8(7)2;1-2-3;/h2*1-5H3;2H,1H3;/q2*-1;;+2. The maximum atomic E-state index is 8.81. The Morgan fingerprint density at radius 1 is 0.708 bits per heavy atom. The average Bonchev–Trinajstić information content (AvgIpc) is 2.71. The summed E-state index contributed by atoms with van der Waals surface area (Å²) in [5.41, 5.74) is 8.79. The van der Waals surface area contributed by atoms with Gasteiger partial charge in [0.25, 0.3) is 0 Å². The SMILES string of the molecule is CC1=[C-]C(C)(C)C(C)=C1C.CC1=[C-]C(C)(C)C(C)=C1C.CC=O.[Ti+2]. The van der Waals surface area contributed by atoms with Crippen molar-refractivity contribution in [3.63, 3.8) is 0 Å². The molecule has 2 heteroatoms. The van der Waals surface area contributed by atoms with Gasteiger partial charge in [-0.3, -0.25) is 12.2 Å². The molecule has 0 saturated carbocycles. The Morgan fingerprint density at radius 2 is 0.917 bits per heavy atom. The molecule has 0 amide bonds. The van der Waals surface area contributed by atoms with Gasteiger partial charge in [0.1, 0.15) is 6.29 Å². The van der Waals surface area contributed by atoms with Crippen molar-refractivity contribution in [2.75, 3.05) is 0 Å². The van der Waals surface area contributed by atoms with E-state index in [-0.39, 0.29) is 32.5 Å². The van der Waals surface area contributed by atoms with Gasteiger partial charge in [-0.05, 0) is 6.92 Å². The molecule has 24 heavy (non-hydrogen) atoms. The molecule has 2 aliphatic rings. The van der Waals surface area contributed by atoms with Crippen molar-refractivity contribution in [3.8, 4) is 0 Å². The van der Waals surface area contributed by atoms with Gasteiger partial charge in [-0.15, -0.1) is 13.8 Å². The van der Waals surface area contributed by atoms with Gasteiger partial charge in [-0.2, -0.15) is 22.3 Å². The molecule has 0 N–H and O–H groups in total. The van der Waals surface area contributed by atoms with Crippen LogP contribution in [0.4, 0.5) is 0 Å². The number of hydrogen-bond donors (Lipinski definition) is 0. The Kier molecular flexibility index (Phi) is 10.4. The van der Waals surface area contributed by atoms with E-state index in [1.54, 1.807) is 0 Å². The second-order valence-electron chi connectivity index (χ2n) is 7.49. The fraction of sp³-hybridized carbons (Fsp3) is 0.591. The van der Waals surface area contributed by atoms with E-state index in [1.165, 1.54) is 40.4 Å². The van der Waals surface area contributed by atoms with E-state index in [9.17, 15) is 0 Å². The second-order valence-corrected chi connectivity index (χ2v) is 7.49. The third kappa shape index (κ3) is 6.33. The van der Waals surface area contributed by atoms with Crippen LogP contribution in [-0.2, 0) is 26.5 Å². The van der Waals surface area contributed by atoms with E-state index in [0.29, 0.717) is 0 Å². The van der Waals surface area contributed by atoms with Crippen LogP contribution in [0.25, 0.3) is 0 Å². The fourth-order valence-electron chi connectivity index (χ4n) is 2.81. The zero-order valence-corrected chi connectivity index (χ0v) is 19.0. The Bertz CT molecular complexity index is 531. The molecule has 132 valence electrons. The Morgan fingerprint density at radius 3 is 0.958 bits per heavy atom. The molecule has 1 nitrogen and oxygen atoms in total. The van der Waals surface area contributed by atoms with Crippen LogP contribution < -0.4 is 0 Å². The molecule has 0 radical (unpaired) electrons. The van der Waals surface area contributed by atoms with Crippen molar-refractivity contribution in [2.24, 2.45) is 10.8 Å². The van der Waals surface area contributed by atoms with Crippen LogP contribution in [-0.4, -0.2) is 6.29 Å². The van der Waals surface area contributed by atoms with Gasteiger partial charge in [0.05, 0.1) is 0 Å². The van der Waals surface area contributed by atoms with Crippen LogP contribution in [0.5, 0.6) is 0 Å². The van der Waals surface area contributed by atoms with E-state index in [4.69, 9.17) is 4.79 Å². The van der Waals surface area contributed by atoms with Gasteiger partial charge in [0.2, 0.25) is 0 Å². The molecule has 0 heterocycles. The Balaban J connectivity index is 0. The summed E-state index contributed by atoms with van der Waals surface area (Å²) in [7, 11) is 0. The zero-order chi connectivity index (χ0) is 18.6. The average molecular weight is 362 g/mol. The minimum Gasteiger partial charge on any atom is -0.304 e. The number of aldehydes is 1. The number of rotatable bonds is 0. The summed E-state index contributed by atoms with van der Waals surface area (Å²) >= 11 is 0. The van der Waals surface area contributed by atoms with Crippen molar-refractivity contribution < 1.29 is 26.5 Å². The zero-order valence-electron chi connectivity index (χ0n) is 17.5. The van der Waals surface area contributed by atoms with Crippen molar-refractivity contribution in [3.05, 3.63) is 45.6 Å². The van der Waals surface area contributed by atoms with E-state index < -0.39 is 0 Å². The summed E-state index contributed by atoms with van der Waals surface area (Å²) in [6.07, 6.45) is 7.62. The van der Waals surface area contributed by atoms with E-state index in [1.807, 2.05) is 0 Å². The Hall–Kier alpha value is -0.656. The molecule has 0 unspecified atom stereocenters. The molecule has 0 bridgehead atoms. The summed E-state index contributed by atoms with van der Waals surface area (Å²) in [5.74, 6) is 0. The summed E-state index contributed by atoms with van der Waals surface area (Å²) in [5, 5.41) is 0. The number of carbonyl (C=O) groups excluding carboxylic acids is 1. The monoisotopic (exact) mass is 362 g/mol. The van der Waals surface area contributed by atoms with Gasteiger partial charge in [0, 0.05) is 0 Å². The molecule has 0 aliphatic heterocycles. The summed E-state index contributed by atoms with van der Waals surface area (Å²) in [6, 6.07) is 0. The fourth-order valence-corrected chi connectivity index (χ4v) is 2.81. The normalized spacial score (nSPS) is 20.1. The van der Waals surface area contributed by atoms with Crippen molar-refractivity contribution in [2.45, 2.75) is 76.2 Å². The predicted octanol–water partition coefficient (Wildman–Crippen LogP) is 6.43. The van der Waals surface area contributed by atoms with Crippen molar-refractivity contribution >= 4 is 6.29 Å². The molecule has 0 fully saturated rings. The molecule has 2 rings (SSSR count). The van der Waals surface area contributed by atoms with Gasteiger partial charge >= 0.3 is 21.7 Å². The Labute approximate surface area is 165 Å². The number of hydrogen-bond acceptors (Lipinski definition) is 1. The first-order valence-electron chi connectivity index (χ1n) is 8.31. The predicted molar refractivity (Wildman–Crippen MR) is 101 cm³/mol. The van der Waals surface area contributed by atoms with Gasteiger partial charge in [-0.1, -0.05) is 66.2 Å². The topological polar surface area (TPSA) is 17.1 Å². The largest absolute Gasteiger partial charge is 2.00 e. The maximum Gasteiger partial charge on any atom is 2.00 e. The molecular weight excluding hydrogens is 328 g/mol. The first-order chi connectivity index (χ1) is 10.3. The quantitative estimate of drug-likeness (QED) is 0.276. The third-order valence-electron chi connectivity index (χ3n) is 5.12. The van der Waals surface area contributed by atoms with Crippen molar-refractivity contribution in [1.82, 2.24) is 0 Å². The molecule has 2 aliphatic carbocycles. The van der Waals surface area contributed by atoms with Gasteiger partial charge < -0.3 is 4.79 Å². The van der Waals surface area contributed by atoms with Crippen LogP contribution in [0.2, 0.25) is 0 Å². The maximum absolute atomic E-state index is 8.81. The van der Waals surface area contributed by atoms with Gasteiger partial charge in [-0.25, -0.2) is 11.1 Å². The minimum absolute atomic E-state index is 0. The molecule has 0 aromatic rings. The first kappa shape index (κ1) is 25.6. The van der Waals surface area contributed by atoms with Crippen LogP contribution in [0, 0.1) is 23.0 Å².